The number of hydrogen-bond donors (Lipinski definition) is 0. The molecule has 0 nitrogen and oxygen atoms in total. The lowest BCUT2D eigenvalue weighted by Gasteiger charge is -2.07. The molecular formula is C13H26. The molecule has 0 aromatic heterocycles. The maximum Gasteiger partial charge on any atom is -0.0326 e. The zero-order chi connectivity index (χ0) is 10.1. The quantitative estimate of drug-likeness (QED) is 0.489. The fourth-order valence-corrected chi connectivity index (χ4v) is 1.75. The van der Waals surface area contributed by atoms with Gasteiger partial charge in [0.05, 0.1) is 0 Å². The first-order valence-electron chi connectivity index (χ1n) is 5.86. The number of hydrogen-bond acceptors (Lipinski definition) is 0. The van der Waals surface area contributed by atoms with Crippen LogP contribution in [-0.4, -0.2) is 0 Å². The van der Waals surface area contributed by atoms with Gasteiger partial charge in [0, 0.05) is 0 Å². The van der Waals surface area contributed by atoms with Crippen LogP contribution in [0.25, 0.3) is 0 Å². The molecule has 0 aliphatic rings. The second-order valence-electron chi connectivity index (χ2n) is 4.27. The summed E-state index contributed by atoms with van der Waals surface area (Å²) in [4.78, 5) is 0. The normalized spacial score (nSPS) is 14.6. The molecule has 0 bridgehead atoms. The molecule has 0 saturated heterocycles. The molecule has 0 aromatic rings. The van der Waals surface area contributed by atoms with E-state index in [1.165, 1.54) is 38.5 Å². The first kappa shape index (κ1) is 12.7. The van der Waals surface area contributed by atoms with Crippen LogP contribution in [0.3, 0.4) is 0 Å². The van der Waals surface area contributed by atoms with Crippen molar-refractivity contribution < 1.29 is 0 Å². The van der Waals surface area contributed by atoms with E-state index in [4.69, 9.17) is 0 Å². The highest BCUT2D eigenvalue weighted by molar-refractivity contribution is 4.97. The van der Waals surface area contributed by atoms with Crippen LogP contribution in [0, 0.1) is 5.92 Å². The van der Waals surface area contributed by atoms with Gasteiger partial charge in [-0.15, -0.1) is 0 Å². The van der Waals surface area contributed by atoms with Crippen molar-refractivity contribution in [1.82, 2.24) is 0 Å². The lowest BCUT2D eigenvalue weighted by atomic mass is 9.99. The van der Waals surface area contributed by atoms with E-state index in [0.717, 1.165) is 5.92 Å². The summed E-state index contributed by atoms with van der Waals surface area (Å²) < 4.78 is 0. The van der Waals surface area contributed by atoms with Gasteiger partial charge in [-0.2, -0.15) is 0 Å². The Balaban J connectivity index is 3.47. The fourth-order valence-electron chi connectivity index (χ4n) is 1.75. The second-order valence-corrected chi connectivity index (χ2v) is 4.27. The molecule has 78 valence electrons. The summed E-state index contributed by atoms with van der Waals surface area (Å²) >= 11 is 0. The molecule has 0 heterocycles. The molecule has 1 unspecified atom stereocenters. The average molecular weight is 182 g/mol. The minimum absolute atomic E-state index is 0.913. The Morgan fingerprint density at radius 1 is 1.15 bits per heavy atom. The van der Waals surface area contributed by atoms with E-state index in [-0.39, 0.29) is 0 Å². The van der Waals surface area contributed by atoms with Gasteiger partial charge >= 0.3 is 0 Å². The van der Waals surface area contributed by atoms with E-state index in [9.17, 15) is 0 Å². The third-order valence-corrected chi connectivity index (χ3v) is 2.58. The van der Waals surface area contributed by atoms with Gasteiger partial charge in [-0.25, -0.2) is 0 Å². The van der Waals surface area contributed by atoms with Crippen molar-refractivity contribution >= 4 is 0 Å². The fraction of sp³-hybridized carbons (Fsp3) is 0.846. The minimum Gasteiger partial charge on any atom is -0.0856 e. The Kier molecular flexibility index (Phi) is 8.18. The van der Waals surface area contributed by atoms with Gasteiger partial charge in [-0.3, -0.25) is 0 Å². The monoisotopic (exact) mass is 182 g/mol. The van der Waals surface area contributed by atoms with Crippen LogP contribution in [0.1, 0.15) is 66.2 Å². The standard InChI is InChI=1S/C13H26/c1-5-8-12(3)10-7-11-13(4)9-6-2/h10,13H,5-9,11H2,1-4H3. The van der Waals surface area contributed by atoms with Crippen LogP contribution in [0.5, 0.6) is 0 Å². The highest BCUT2D eigenvalue weighted by atomic mass is 14.0. The van der Waals surface area contributed by atoms with E-state index in [0.29, 0.717) is 0 Å². The van der Waals surface area contributed by atoms with Crippen molar-refractivity contribution in [1.29, 1.82) is 0 Å². The predicted octanol–water partition coefficient (Wildman–Crippen LogP) is 4.95. The highest BCUT2D eigenvalue weighted by Gasteiger charge is 1.98. The van der Waals surface area contributed by atoms with Crippen molar-refractivity contribution in [2.45, 2.75) is 66.2 Å². The lowest BCUT2D eigenvalue weighted by Crippen LogP contribution is -1.92. The Hall–Kier alpha value is -0.260. The van der Waals surface area contributed by atoms with E-state index >= 15 is 0 Å². The van der Waals surface area contributed by atoms with Crippen molar-refractivity contribution in [3.05, 3.63) is 11.6 Å². The summed E-state index contributed by atoms with van der Waals surface area (Å²) in [6.45, 7) is 9.15. The van der Waals surface area contributed by atoms with Crippen molar-refractivity contribution in [2.24, 2.45) is 5.92 Å². The van der Waals surface area contributed by atoms with Crippen LogP contribution in [0.4, 0.5) is 0 Å². The molecule has 13 heavy (non-hydrogen) atoms. The molecule has 0 fully saturated rings. The average Bonchev–Trinajstić information content (AvgIpc) is 2.05. The van der Waals surface area contributed by atoms with Gasteiger partial charge in [-0.05, 0) is 32.1 Å². The smallest absolute Gasteiger partial charge is 0.0326 e. The maximum atomic E-state index is 2.43. The molecule has 1 atom stereocenters. The van der Waals surface area contributed by atoms with Gasteiger partial charge in [0.25, 0.3) is 0 Å². The summed E-state index contributed by atoms with van der Waals surface area (Å²) in [5, 5.41) is 0. The van der Waals surface area contributed by atoms with Crippen molar-refractivity contribution in [3.8, 4) is 0 Å². The van der Waals surface area contributed by atoms with Gasteiger partial charge < -0.3 is 0 Å². The first-order valence-corrected chi connectivity index (χ1v) is 5.86. The topological polar surface area (TPSA) is 0 Å². The molecule has 0 saturated carbocycles. The molecule has 0 heteroatoms. The molecule has 0 aliphatic carbocycles. The van der Waals surface area contributed by atoms with E-state index in [2.05, 4.69) is 33.8 Å². The zero-order valence-corrected chi connectivity index (χ0v) is 9.90. The molecule has 0 N–H and O–H groups in total. The third kappa shape index (κ3) is 8.08. The maximum absolute atomic E-state index is 2.43. The van der Waals surface area contributed by atoms with Crippen LogP contribution < -0.4 is 0 Å². The van der Waals surface area contributed by atoms with Crippen LogP contribution in [0.2, 0.25) is 0 Å². The Morgan fingerprint density at radius 2 is 1.85 bits per heavy atom. The predicted molar refractivity (Wildman–Crippen MR) is 62.0 cm³/mol. The molecule has 0 spiro atoms. The van der Waals surface area contributed by atoms with Crippen molar-refractivity contribution in [3.63, 3.8) is 0 Å². The van der Waals surface area contributed by atoms with Gasteiger partial charge in [0.15, 0.2) is 0 Å². The van der Waals surface area contributed by atoms with Gasteiger partial charge in [-0.1, -0.05) is 51.7 Å². The number of allylic oxidation sites excluding steroid dienone is 2. The summed E-state index contributed by atoms with van der Waals surface area (Å²) in [6, 6.07) is 0. The summed E-state index contributed by atoms with van der Waals surface area (Å²) in [5.74, 6) is 0.913. The van der Waals surface area contributed by atoms with E-state index in [1.807, 2.05) is 0 Å². The van der Waals surface area contributed by atoms with Crippen molar-refractivity contribution in [2.75, 3.05) is 0 Å². The molecule has 0 amide bonds. The molecule has 0 aliphatic heterocycles. The Labute approximate surface area is 84.4 Å². The molecule has 0 aromatic carbocycles. The minimum atomic E-state index is 0.913. The molecule has 0 radical (unpaired) electrons. The Morgan fingerprint density at radius 3 is 2.38 bits per heavy atom. The van der Waals surface area contributed by atoms with Gasteiger partial charge in [0.1, 0.15) is 0 Å². The van der Waals surface area contributed by atoms with E-state index in [1.54, 1.807) is 5.57 Å². The number of rotatable bonds is 7. The summed E-state index contributed by atoms with van der Waals surface area (Å²) in [5.41, 5.74) is 1.58. The summed E-state index contributed by atoms with van der Waals surface area (Å²) in [6.07, 6.45) is 10.4. The second kappa shape index (κ2) is 8.34. The first-order chi connectivity index (χ1) is 6.20. The van der Waals surface area contributed by atoms with Crippen LogP contribution >= 0.6 is 0 Å². The Bertz CT molecular complexity index is 133. The highest BCUT2D eigenvalue weighted by Crippen LogP contribution is 2.14. The summed E-state index contributed by atoms with van der Waals surface area (Å²) in [7, 11) is 0. The van der Waals surface area contributed by atoms with E-state index < -0.39 is 0 Å². The van der Waals surface area contributed by atoms with Crippen LogP contribution in [-0.2, 0) is 0 Å². The molecular weight excluding hydrogens is 156 g/mol. The zero-order valence-electron chi connectivity index (χ0n) is 9.90. The van der Waals surface area contributed by atoms with Gasteiger partial charge in [0.2, 0.25) is 0 Å². The van der Waals surface area contributed by atoms with Crippen LogP contribution in [0.15, 0.2) is 11.6 Å². The lowest BCUT2D eigenvalue weighted by molar-refractivity contribution is 0.490. The largest absolute Gasteiger partial charge is 0.0856 e. The SMILES string of the molecule is CCCC(C)=CCCC(C)CCC. The molecule has 0 rings (SSSR count). The third-order valence-electron chi connectivity index (χ3n) is 2.58.